The molecule has 0 saturated heterocycles. The van der Waals surface area contributed by atoms with Crippen molar-refractivity contribution >= 4 is 22.5 Å². The van der Waals surface area contributed by atoms with Crippen molar-refractivity contribution in [2.75, 3.05) is 5.32 Å². The Labute approximate surface area is 139 Å². The van der Waals surface area contributed by atoms with E-state index in [1.54, 1.807) is 24.7 Å². The fourth-order valence-electron chi connectivity index (χ4n) is 3.27. The van der Waals surface area contributed by atoms with E-state index in [-0.39, 0.29) is 11.9 Å². The number of carbonyl (C=O) groups excluding carboxylic acids is 1. The van der Waals surface area contributed by atoms with Gasteiger partial charge in [-0.3, -0.25) is 14.8 Å². The molecular weight excluding hydrogens is 300 g/mol. The highest BCUT2D eigenvalue weighted by Crippen LogP contribution is 2.29. The molecule has 2 heterocycles. The normalized spacial score (nSPS) is 16.6. The molecule has 5 heteroatoms. The van der Waals surface area contributed by atoms with Crippen LogP contribution >= 0.6 is 0 Å². The standard InChI is InChI=1S/C19H18N4O/c20-16-3-1-2-12-4-5-13(10-14(12)16)19(24)23-18-7-9-22-17-6-8-21-11-15(17)18/h4-11,16H,1-3,20H2,(H,22,23,24). The average molecular weight is 318 g/mol. The molecule has 1 amide bonds. The van der Waals surface area contributed by atoms with Crippen LogP contribution in [-0.2, 0) is 6.42 Å². The van der Waals surface area contributed by atoms with Gasteiger partial charge in [-0.2, -0.15) is 0 Å². The molecule has 3 aromatic rings. The molecular formula is C19H18N4O. The fourth-order valence-corrected chi connectivity index (χ4v) is 3.27. The van der Waals surface area contributed by atoms with E-state index in [1.165, 1.54) is 5.56 Å². The maximum Gasteiger partial charge on any atom is 0.255 e. The highest BCUT2D eigenvalue weighted by molar-refractivity contribution is 6.08. The predicted molar refractivity (Wildman–Crippen MR) is 93.8 cm³/mol. The molecule has 2 aromatic heterocycles. The van der Waals surface area contributed by atoms with Crippen LogP contribution < -0.4 is 11.1 Å². The van der Waals surface area contributed by atoms with Crippen LogP contribution in [0.1, 0.15) is 40.4 Å². The molecule has 0 spiro atoms. The Morgan fingerprint density at radius 3 is 3.04 bits per heavy atom. The number of fused-ring (bicyclic) bond motifs is 2. The average Bonchev–Trinajstić information content (AvgIpc) is 2.62. The van der Waals surface area contributed by atoms with Gasteiger partial charge in [0.15, 0.2) is 0 Å². The van der Waals surface area contributed by atoms with Crippen LogP contribution in [0.2, 0.25) is 0 Å². The highest BCUT2D eigenvalue weighted by atomic mass is 16.1. The van der Waals surface area contributed by atoms with E-state index in [4.69, 9.17) is 5.73 Å². The molecule has 24 heavy (non-hydrogen) atoms. The monoisotopic (exact) mass is 318 g/mol. The molecule has 0 saturated carbocycles. The van der Waals surface area contributed by atoms with Crippen LogP contribution in [0, 0.1) is 0 Å². The van der Waals surface area contributed by atoms with Crippen molar-refractivity contribution in [1.29, 1.82) is 0 Å². The SMILES string of the molecule is NC1CCCc2ccc(C(=O)Nc3ccnc4ccncc34)cc21. The van der Waals surface area contributed by atoms with E-state index in [0.29, 0.717) is 11.3 Å². The van der Waals surface area contributed by atoms with Gasteiger partial charge in [0.05, 0.1) is 11.2 Å². The zero-order chi connectivity index (χ0) is 16.5. The number of rotatable bonds is 2. The molecule has 0 aliphatic heterocycles. The first-order chi connectivity index (χ1) is 11.7. The summed E-state index contributed by atoms with van der Waals surface area (Å²) >= 11 is 0. The Hall–Kier alpha value is -2.79. The van der Waals surface area contributed by atoms with Gasteiger partial charge in [0.1, 0.15) is 0 Å². The molecule has 0 radical (unpaired) electrons. The fraction of sp³-hybridized carbons (Fsp3) is 0.211. The first-order valence-corrected chi connectivity index (χ1v) is 8.11. The maximum atomic E-state index is 12.7. The Balaban J connectivity index is 1.66. The third-order valence-electron chi connectivity index (χ3n) is 4.56. The Morgan fingerprint density at radius 1 is 1.21 bits per heavy atom. The number of nitrogens with two attached hydrogens (primary N) is 1. The summed E-state index contributed by atoms with van der Waals surface area (Å²) in [5, 5.41) is 3.79. The number of hydrogen-bond acceptors (Lipinski definition) is 4. The zero-order valence-electron chi connectivity index (χ0n) is 13.2. The van der Waals surface area contributed by atoms with Gasteiger partial charge < -0.3 is 11.1 Å². The van der Waals surface area contributed by atoms with E-state index >= 15 is 0 Å². The predicted octanol–water partition coefficient (Wildman–Crippen LogP) is 3.22. The van der Waals surface area contributed by atoms with Gasteiger partial charge in [-0.25, -0.2) is 0 Å². The van der Waals surface area contributed by atoms with E-state index in [1.807, 2.05) is 24.3 Å². The molecule has 4 rings (SSSR count). The van der Waals surface area contributed by atoms with E-state index in [2.05, 4.69) is 15.3 Å². The van der Waals surface area contributed by atoms with Crippen LogP contribution in [0.3, 0.4) is 0 Å². The van der Waals surface area contributed by atoms with Gasteiger partial charge in [-0.05, 0) is 54.7 Å². The second-order valence-corrected chi connectivity index (χ2v) is 6.12. The minimum Gasteiger partial charge on any atom is -0.324 e. The van der Waals surface area contributed by atoms with Crippen molar-refractivity contribution in [3.63, 3.8) is 0 Å². The molecule has 0 bridgehead atoms. The lowest BCUT2D eigenvalue weighted by Gasteiger charge is -2.22. The molecule has 1 aliphatic rings. The number of benzene rings is 1. The first kappa shape index (κ1) is 14.8. The quantitative estimate of drug-likeness (QED) is 0.760. The molecule has 1 aromatic carbocycles. The topological polar surface area (TPSA) is 80.9 Å². The lowest BCUT2D eigenvalue weighted by molar-refractivity contribution is 0.102. The van der Waals surface area contributed by atoms with Crippen LogP contribution in [-0.4, -0.2) is 15.9 Å². The Morgan fingerprint density at radius 2 is 2.12 bits per heavy atom. The van der Waals surface area contributed by atoms with Gasteiger partial charge >= 0.3 is 0 Å². The molecule has 0 fully saturated rings. The summed E-state index contributed by atoms with van der Waals surface area (Å²) in [5.74, 6) is -0.146. The minimum atomic E-state index is -0.146. The number of amides is 1. The van der Waals surface area contributed by atoms with Gasteiger partial charge in [-0.1, -0.05) is 6.07 Å². The van der Waals surface area contributed by atoms with Gasteiger partial charge in [-0.15, -0.1) is 0 Å². The summed E-state index contributed by atoms with van der Waals surface area (Å²) < 4.78 is 0. The summed E-state index contributed by atoms with van der Waals surface area (Å²) in [4.78, 5) is 21.1. The number of hydrogen-bond donors (Lipinski definition) is 2. The molecule has 1 atom stereocenters. The van der Waals surface area contributed by atoms with Crippen molar-refractivity contribution in [2.45, 2.75) is 25.3 Å². The summed E-state index contributed by atoms with van der Waals surface area (Å²) in [6, 6.07) is 9.45. The molecule has 1 unspecified atom stereocenters. The Kier molecular flexibility index (Phi) is 3.70. The van der Waals surface area contributed by atoms with E-state index in [9.17, 15) is 4.79 Å². The number of nitrogens with one attached hydrogen (secondary N) is 1. The number of carbonyl (C=O) groups is 1. The Bertz CT molecular complexity index is 917. The van der Waals surface area contributed by atoms with Gasteiger partial charge in [0.2, 0.25) is 0 Å². The summed E-state index contributed by atoms with van der Waals surface area (Å²) in [7, 11) is 0. The number of nitrogens with zero attached hydrogens (tertiary/aromatic N) is 2. The highest BCUT2D eigenvalue weighted by Gasteiger charge is 2.19. The van der Waals surface area contributed by atoms with Crippen LogP contribution in [0.25, 0.3) is 10.9 Å². The lowest BCUT2D eigenvalue weighted by atomic mass is 9.87. The largest absolute Gasteiger partial charge is 0.324 e. The van der Waals surface area contributed by atoms with E-state index in [0.717, 1.165) is 35.7 Å². The van der Waals surface area contributed by atoms with Crippen molar-refractivity contribution in [3.8, 4) is 0 Å². The molecule has 120 valence electrons. The number of anilines is 1. The smallest absolute Gasteiger partial charge is 0.255 e. The van der Waals surface area contributed by atoms with Crippen LogP contribution in [0.4, 0.5) is 5.69 Å². The summed E-state index contributed by atoms with van der Waals surface area (Å²) in [6.07, 6.45) is 8.19. The first-order valence-electron chi connectivity index (χ1n) is 8.11. The molecule has 1 aliphatic carbocycles. The summed E-state index contributed by atoms with van der Waals surface area (Å²) in [5.41, 5.74) is 10.7. The van der Waals surface area contributed by atoms with Gasteiger partial charge in [0, 0.05) is 35.6 Å². The molecule has 5 nitrogen and oxygen atoms in total. The van der Waals surface area contributed by atoms with Crippen molar-refractivity contribution in [2.24, 2.45) is 5.73 Å². The van der Waals surface area contributed by atoms with Gasteiger partial charge in [0.25, 0.3) is 5.91 Å². The zero-order valence-corrected chi connectivity index (χ0v) is 13.2. The van der Waals surface area contributed by atoms with Crippen molar-refractivity contribution < 1.29 is 4.79 Å². The maximum absolute atomic E-state index is 12.7. The van der Waals surface area contributed by atoms with Crippen molar-refractivity contribution in [3.05, 3.63) is 65.6 Å². The number of aromatic nitrogens is 2. The number of pyridine rings is 2. The number of aryl methyl sites for hydroxylation is 1. The third kappa shape index (κ3) is 2.63. The van der Waals surface area contributed by atoms with Crippen LogP contribution in [0.5, 0.6) is 0 Å². The second-order valence-electron chi connectivity index (χ2n) is 6.12. The molecule has 3 N–H and O–H groups in total. The van der Waals surface area contributed by atoms with E-state index < -0.39 is 0 Å². The lowest BCUT2D eigenvalue weighted by Crippen LogP contribution is -2.19. The summed E-state index contributed by atoms with van der Waals surface area (Å²) in [6.45, 7) is 0. The minimum absolute atomic E-state index is 0.0208. The van der Waals surface area contributed by atoms with Crippen LogP contribution in [0.15, 0.2) is 48.9 Å². The third-order valence-corrected chi connectivity index (χ3v) is 4.56. The second kappa shape index (κ2) is 6.02. The van der Waals surface area contributed by atoms with Crippen molar-refractivity contribution in [1.82, 2.24) is 9.97 Å².